The lowest BCUT2D eigenvalue weighted by atomic mass is 10.1. The summed E-state index contributed by atoms with van der Waals surface area (Å²) in [5.41, 5.74) is 1.38. The topological polar surface area (TPSA) is 101 Å². The molecule has 0 saturated heterocycles. The van der Waals surface area contributed by atoms with Gasteiger partial charge in [-0.25, -0.2) is 4.79 Å². The van der Waals surface area contributed by atoms with Gasteiger partial charge >= 0.3 is 11.7 Å². The van der Waals surface area contributed by atoms with Crippen molar-refractivity contribution in [3.8, 4) is 17.3 Å². The third-order valence-electron chi connectivity index (χ3n) is 3.88. The van der Waals surface area contributed by atoms with Crippen LogP contribution in [0.5, 0.6) is 0 Å². The van der Waals surface area contributed by atoms with Crippen molar-refractivity contribution in [2.24, 2.45) is 0 Å². The maximum absolute atomic E-state index is 12.8. The van der Waals surface area contributed by atoms with Crippen LogP contribution in [0.2, 0.25) is 0 Å². The molecule has 0 saturated carbocycles. The first-order valence-electron chi connectivity index (χ1n) is 7.36. The number of hydrogen-bond acceptors (Lipinski definition) is 5. The van der Waals surface area contributed by atoms with Crippen LogP contribution < -0.4 is 4.43 Å². The maximum Gasteiger partial charge on any atom is 0.363 e. The Bertz CT molecular complexity index is 1090. The van der Waals surface area contributed by atoms with Crippen LogP contribution in [-0.2, 0) is 4.74 Å². The molecule has 2 aromatic carbocycles. The third kappa shape index (κ3) is 2.60. The van der Waals surface area contributed by atoms with Crippen molar-refractivity contribution < 1.29 is 14.0 Å². The Morgan fingerprint density at radius 1 is 1.24 bits per heavy atom. The Hall–Kier alpha value is -3.66. The molecule has 0 aliphatic rings. The van der Waals surface area contributed by atoms with Crippen molar-refractivity contribution in [2.75, 3.05) is 7.11 Å². The number of carbonyl (C=O) groups excluding carboxylic acids is 1. The average Bonchev–Trinajstić information content (AvgIpc) is 2.63. The highest BCUT2D eigenvalue weighted by molar-refractivity contribution is 5.90. The summed E-state index contributed by atoms with van der Waals surface area (Å²) in [6.45, 7) is 1.80. The van der Waals surface area contributed by atoms with Gasteiger partial charge in [-0.3, -0.25) is 0 Å². The van der Waals surface area contributed by atoms with Gasteiger partial charge in [-0.1, -0.05) is 18.2 Å². The molecule has 0 radical (unpaired) electrons. The van der Waals surface area contributed by atoms with Crippen LogP contribution in [-0.4, -0.2) is 17.8 Å². The van der Waals surface area contributed by atoms with Gasteiger partial charge in [0.2, 0.25) is 0 Å². The van der Waals surface area contributed by atoms with Crippen LogP contribution in [0.1, 0.15) is 21.6 Å². The number of hydrogen-bond donors (Lipinski definition) is 0. The zero-order chi connectivity index (χ0) is 18.1. The Morgan fingerprint density at radius 3 is 2.52 bits per heavy atom. The molecule has 0 aliphatic heterocycles. The maximum atomic E-state index is 12.8. The molecule has 1 heterocycles. The van der Waals surface area contributed by atoms with Gasteiger partial charge < -0.3 is 14.7 Å². The number of aryl methyl sites for hydroxylation is 1. The van der Waals surface area contributed by atoms with Gasteiger partial charge in [0.25, 0.3) is 5.52 Å². The number of ether oxygens (including phenoxy) is 1. The first kappa shape index (κ1) is 16.2. The second-order valence-corrected chi connectivity index (χ2v) is 5.46. The molecule has 25 heavy (non-hydrogen) atoms. The second kappa shape index (κ2) is 6.09. The summed E-state index contributed by atoms with van der Waals surface area (Å²) in [6.07, 6.45) is 0. The molecule has 0 fully saturated rings. The summed E-state index contributed by atoms with van der Waals surface area (Å²) >= 11 is 0. The molecule has 0 spiro atoms. The number of fused-ring (bicyclic) bond motifs is 1. The number of nitrogens with zero attached hydrogens (tertiary/aromatic N) is 3. The molecule has 1 aromatic heterocycles. The van der Waals surface area contributed by atoms with Crippen LogP contribution in [0.15, 0.2) is 42.5 Å². The lowest BCUT2D eigenvalue weighted by molar-refractivity contribution is -0.467. The first-order chi connectivity index (χ1) is 12.0. The molecule has 3 aromatic rings. The molecule has 0 N–H and O–H groups in total. The van der Waals surface area contributed by atoms with E-state index in [1.165, 1.54) is 37.4 Å². The molecule has 0 atom stereocenters. The van der Waals surface area contributed by atoms with E-state index in [4.69, 9.17) is 0 Å². The molecule has 7 nitrogen and oxygen atoms in total. The van der Waals surface area contributed by atoms with E-state index in [2.05, 4.69) is 4.74 Å². The van der Waals surface area contributed by atoms with Crippen LogP contribution in [0.4, 0.5) is 0 Å². The Labute approximate surface area is 142 Å². The fraction of sp³-hybridized carbons (Fsp3) is 0.111. The summed E-state index contributed by atoms with van der Waals surface area (Å²) in [7, 11) is 1.27. The number of nitriles is 1. The Morgan fingerprint density at radius 2 is 1.92 bits per heavy atom. The van der Waals surface area contributed by atoms with Crippen molar-refractivity contribution in [1.29, 1.82) is 5.26 Å². The van der Waals surface area contributed by atoms with Crippen molar-refractivity contribution in [2.45, 2.75) is 6.92 Å². The van der Waals surface area contributed by atoms with Crippen LogP contribution >= 0.6 is 0 Å². The predicted octanol–water partition coefficient (Wildman–Crippen LogP) is 2.54. The molecule has 0 amide bonds. The van der Waals surface area contributed by atoms with E-state index in [0.717, 1.165) is 5.56 Å². The SMILES string of the molecule is COC(=O)c1ccc(-c2c(C#N)[n+](=O)c3ccc(C)cc3n2[O-])cc1. The first-order valence-corrected chi connectivity index (χ1v) is 7.36. The van der Waals surface area contributed by atoms with Gasteiger partial charge in [-0.2, -0.15) is 5.26 Å². The number of benzene rings is 2. The van der Waals surface area contributed by atoms with Gasteiger partial charge in [-0.15, -0.1) is 0 Å². The van der Waals surface area contributed by atoms with Crippen LogP contribution in [0.3, 0.4) is 0 Å². The van der Waals surface area contributed by atoms with E-state index in [-0.39, 0.29) is 22.4 Å². The number of methoxy groups -OCH3 is 1. The summed E-state index contributed by atoms with van der Waals surface area (Å²) < 4.78 is 5.65. The predicted molar refractivity (Wildman–Crippen MR) is 90.3 cm³/mol. The van der Waals surface area contributed by atoms with Crippen LogP contribution in [0.25, 0.3) is 22.3 Å². The largest absolute Gasteiger partial charge is 0.805 e. The monoisotopic (exact) mass is 335 g/mol. The molecule has 124 valence electrons. The van der Waals surface area contributed by atoms with Crippen LogP contribution in [0, 0.1) is 28.4 Å². The van der Waals surface area contributed by atoms with Gasteiger partial charge in [0.1, 0.15) is 11.2 Å². The normalized spacial score (nSPS) is 10.4. The number of aromatic nitrogens is 2. The van der Waals surface area contributed by atoms with Crippen molar-refractivity contribution in [3.05, 3.63) is 69.4 Å². The fourth-order valence-corrected chi connectivity index (χ4v) is 2.64. The van der Waals surface area contributed by atoms with E-state index >= 15 is 0 Å². The van der Waals surface area contributed by atoms with Gasteiger partial charge in [0, 0.05) is 16.5 Å². The van der Waals surface area contributed by atoms with E-state index in [9.17, 15) is 20.2 Å². The minimum Gasteiger partial charge on any atom is -0.805 e. The molecule has 7 heteroatoms. The molecule has 0 aliphatic carbocycles. The van der Waals surface area contributed by atoms with E-state index in [1.807, 2.05) is 0 Å². The quantitative estimate of drug-likeness (QED) is 0.529. The van der Waals surface area contributed by atoms with E-state index in [1.54, 1.807) is 25.1 Å². The lowest BCUT2D eigenvalue weighted by Crippen LogP contribution is -2.24. The van der Waals surface area contributed by atoms with Gasteiger partial charge in [0.05, 0.1) is 17.1 Å². The highest BCUT2D eigenvalue weighted by atomic mass is 16.5. The smallest absolute Gasteiger partial charge is 0.363 e. The third-order valence-corrected chi connectivity index (χ3v) is 3.88. The standard InChI is InChI=1S/C18H13N3O4/c1-11-3-8-14-15(9-11)21(24)17(16(10-19)20(14)23)12-4-6-13(7-5-12)18(22)25-2/h3-9H,1-2H3. The van der Waals surface area contributed by atoms with Crippen molar-refractivity contribution in [3.63, 3.8) is 0 Å². The number of rotatable bonds is 2. The lowest BCUT2D eigenvalue weighted by Gasteiger charge is -2.18. The molecular formula is C18H13N3O4. The highest BCUT2D eigenvalue weighted by Gasteiger charge is 2.23. The molecular weight excluding hydrogens is 322 g/mol. The van der Waals surface area contributed by atoms with Gasteiger partial charge in [-0.05, 0) is 30.7 Å². The fourth-order valence-electron chi connectivity index (χ4n) is 2.64. The second-order valence-electron chi connectivity index (χ2n) is 5.46. The van der Waals surface area contributed by atoms with E-state index < -0.39 is 5.97 Å². The molecule has 3 rings (SSSR count). The highest BCUT2D eigenvalue weighted by Crippen LogP contribution is 2.25. The van der Waals surface area contributed by atoms with Gasteiger partial charge in [0.15, 0.2) is 6.07 Å². The average molecular weight is 335 g/mol. The molecule has 0 unspecified atom stereocenters. The summed E-state index contributed by atoms with van der Waals surface area (Å²) in [6, 6.07) is 12.5. The van der Waals surface area contributed by atoms with Crippen molar-refractivity contribution >= 4 is 17.0 Å². The summed E-state index contributed by atoms with van der Waals surface area (Å²) in [5.74, 6) is -0.518. The zero-order valence-electron chi connectivity index (χ0n) is 13.5. The zero-order valence-corrected chi connectivity index (χ0v) is 13.5. The summed E-state index contributed by atoms with van der Waals surface area (Å²) in [4.78, 5) is 24.0. The summed E-state index contributed by atoms with van der Waals surface area (Å²) in [5, 5.41) is 22.2. The molecule has 0 bridgehead atoms. The minimum atomic E-state index is -0.518. The Balaban J connectivity index is 2.32. The number of esters is 1. The number of carbonyl (C=O) groups is 1. The van der Waals surface area contributed by atoms with Crippen molar-refractivity contribution in [1.82, 2.24) is 4.73 Å². The Kier molecular flexibility index (Phi) is 3.95. The minimum absolute atomic E-state index is 0.0629. The van der Waals surface area contributed by atoms with E-state index in [0.29, 0.717) is 20.3 Å².